The molecule has 0 N–H and O–H groups in total. The van der Waals surface area contributed by atoms with Gasteiger partial charge in [0, 0.05) is 49.7 Å². The number of hydrogen-bond acceptors (Lipinski definition) is 3. The fourth-order valence-corrected chi connectivity index (χ4v) is 4.15. The van der Waals surface area contributed by atoms with E-state index < -0.39 is 5.41 Å². The van der Waals surface area contributed by atoms with Gasteiger partial charge >= 0.3 is 0 Å². The van der Waals surface area contributed by atoms with Crippen LogP contribution in [0.5, 0.6) is 0 Å². The molecule has 2 amide bonds. The van der Waals surface area contributed by atoms with Crippen LogP contribution in [0.15, 0.2) is 18.2 Å². The van der Waals surface area contributed by atoms with Gasteiger partial charge in [-0.05, 0) is 30.5 Å². The van der Waals surface area contributed by atoms with Crippen LogP contribution in [0.25, 0.3) is 0 Å². The van der Waals surface area contributed by atoms with Crippen LogP contribution in [0.3, 0.4) is 0 Å². The molecule has 0 aliphatic carbocycles. The lowest BCUT2D eigenvalue weighted by atomic mass is 9.94. The van der Waals surface area contributed by atoms with Crippen molar-refractivity contribution < 1.29 is 14.0 Å². The lowest BCUT2D eigenvalue weighted by molar-refractivity contribution is -0.149. The van der Waals surface area contributed by atoms with E-state index in [2.05, 4.69) is 4.90 Å². The van der Waals surface area contributed by atoms with Crippen LogP contribution in [0.1, 0.15) is 39.2 Å². The Morgan fingerprint density at radius 1 is 1.14 bits per heavy atom. The quantitative estimate of drug-likeness (QED) is 0.770. The van der Waals surface area contributed by atoms with E-state index in [0.29, 0.717) is 31.2 Å². The number of carbonyl (C=O) groups excluding carboxylic acids is 2. The summed E-state index contributed by atoms with van der Waals surface area (Å²) in [6.45, 7) is 9.72. The molecule has 2 saturated heterocycles. The van der Waals surface area contributed by atoms with E-state index in [9.17, 15) is 14.0 Å². The molecule has 0 aromatic heterocycles. The minimum Gasteiger partial charge on any atom is -0.338 e. The summed E-state index contributed by atoms with van der Waals surface area (Å²) < 4.78 is 13.2. The van der Waals surface area contributed by atoms with Gasteiger partial charge in [-0.15, -0.1) is 0 Å². The predicted molar refractivity (Wildman–Crippen MR) is 107 cm³/mol. The van der Waals surface area contributed by atoms with Crippen LogP contribution in [0.4, 0.5) is 4.39 Å². The average molecular weight is 410 g/mol. The first-order valence-electron chi connectivity index (χ1n) is 9.93. The SMILES string of the molecule is CC(C)(C)C(=O)N1CCCC1C(=O)N1CCN(Cc2ccc(F)cc2Cl)CC1. The molecule has 2 fully saturated rings. The second-order valence-electron chi connectivity index (χ2n) is 8.74. The van der Waals surface area contributed by atoms with Gasteiger partial charge in [0.2, 0.25) is 11.8 Å². The third-order valence-electron chi connectivity index (χ3n) is 5.53. The normalized spacial score (nSPS) is 21.2. The molecule has 2 aliphatic heterocycles. The summed E-state index contributed by atoms with van der Waals surface area (Å²) in [5.41, 5.74) is 0.413. The summed E-state index contributed by atoms with van der Waals surface area (Å²) in [6.07, 6.45) is 1.62. The van der Waals surface area contributed by atoms with Gasteiger partial charge in [0.15, 0.2) is 0 Å². The van der Waals surface area contributed by atoms with Crippen LogP contribution in [-0.2, 0) is 16.1 Å². The minimum atomic E-state index is -0.476. The molecule has 2 aliphatic rings. The van der Waals surface area contributed by atoms with E-state index in [-0.39, 0.29) is 23.7 Å². The number of piperazine rings is 1. The summed E-state index contributed by atoms with van der Waals surface area (Å²) in [6, 6.07) is 4.13. The van der Waals surface area contributed by atoms with Crippen molar-refractivity contribution in [3.63, 3.8) is 0 Å². The molecule has 1 unspecified atom stereocenters. The van der Waals surface area contributed by atoms with Crippen molar-refractivity contribution in [3.05, 3.63) is 34.6 Å². The standard InChI is InChI=1S/C21H29ClFN3O2/c1-21(2,3)20(28)26-8-4-5-18(26)19(27)25-11-9-24(10-12-25)14-15-6-7-16(23)13-17(15)22/h6-7,13,18H,4-5,8-12,14H2,1-3H3. The third kappa shape index (κ3) is 4.66. The van der Waals surface area contributed by atoms with Crippen molar-refractivity contribution in [2.45, 2.75) is 46.2 Å². The van der Waals surface area contributed by atoms with E-state index in [0.717, 1.165) is 31.5 Å². The number of likely N-dealkylation sites (tertiary alicyclic amines) is 1. The first-order valence-corrected chi connectivity index (χ1v) is 10.3. The Kier molecular flexibility index (Phi) is 6.30. The summed E-state index contributed by atoms with van der Waals surface area (Å²) in [5, 5.41) is 0.431. The fraction of sp³-hybridized carbons (Fsp3) is 0.619. The summed E-state index contributed by atoms with van der Waals surface area (Å²) in [7, 11) is 0. The molecule has 1 aromatic rings. The van der Waals surface area contributed by atoms with Crippen LogP contribution >= 0.6 is 11.6 Å². The molecule has 28 heavy (non-hydrogen) atoms. The Morgan fingerprint density at radius 3 is 2.43 bits per heavy atom. The lowest BCUT2D eigenvalue weighted by Crippen LogP contribution is -2.55. The fourth-order valence-electron chi connectivity index (χ4n) is 3.93. The van der Waals surface area contributed by atoms with Crippen molar-refractivity contribution in [3.8, 4) is 0 Å². The van der Waals surface area contributed by atoms with Gasteiger partial charge in [-0.25, -0.2) is 4.39 Å². The van der Waals surface area contributed by atoms with Crippen molar-refractivity contribution in [2.75, 3.05) is 32.7 Å². The molecule has 7 heteroatoms. The maximum atomic E-state index is 13.2. The van der Waals surface area contributed by atoms with Gasteiger partial charge in [0.05, 0.1) is 0 Å². The number of amides is 2. The molecular formula is C21H29ClFN3O2. The predicted octanol–water partition coefficient (Wildman–Crippen LogP) is 3.16. The van der Waals surface area contributed by atoms with Crippen LogP contribution in [0, 0.1) is 11.2 Å². The number of benzene rings is 1. The Morgan fingerprint density at radius 2 is 1.82 bits per heavy atom. The molecule has 0 radical (unpaired) electrons. The zero-order valence-electron chi connectivity index (χ0n) is 16.9. The summed E-state index contributed by atoms with van der Waals surface area (Å²) in [5.74, 6) is -0.224. The van der Waals surface area contributed by atoms with Crippen LogP contribution < -0.4 is 0 Å². The van der Waals surface area contributed by atoms with Gasteiger partial charge in [0.25, 0.3) is 0 Å². The van der Waals surface area contributed by atoms with E-state index >= 15 is 0 Å². The summed E-state index contributed by atoms with van der Waals surface area (Å²) >= 11 is 6.13. The Hall–Kier alpha value is -1.66. The molecule has 5 nitrogen and oxygen atoms in total. The third-order valence-corrected chi connectivity index (χ3v) is 5.89. The molecule has 1 aromatic carbocycles. The van der Waals surface area contributed by atoms with Crippen LogP contribution in [0.2, 0.25) is 5.02 Å². The van der Waals surface area contributed by atoms with Crippen molar-refractivity contribution in [1.82, 2.24) is 14.7 Å². The number of carbonyl (C=O) groups is 2. The molecule has 2 heterocycles. The van der Waals surface area contributed by atoms with Crippen molar-refractivity contribution >= 4 is 23.4 Å². The zero-order chi connectivity index (χ0) is 20.5. The van der Waals surface area contributed by atoms with E-state index in [4.69, 9.17) is 11.6 Å². The molecule has 0 spiro atoms. The molecule has 1 atom stereocenters. The second-order valence-corrected chi connectivity index (χ2v) is 9.15. The smallest absolute Gasteiger partial charge is 0.245 e. The van der Waals surface area contributed by atoms with Gasteiger partial charge in [-0.1, -0.05) is 38.4 Å². The Bertz CT molecular complexity index is 742. The maximum absolute atomic E-state index is 13.2. The number of hydrogen-bond donors (Lipinski definition) is 0. The Balaban J connectivity index is 1.57. The molecule has 0 saturated carbocycles. The highest BCUT2D eigenvalue weighted by atomic mass is 35.5. The van der Waals surface area contributed by atoms with Gasteiger partial charge in [0.1, 0.15) is 11.9 Å². The molecule has 154 valence electrons. The first-order chi connectivity index (χ1) is 13.2. The molecule has 3 rings (SSSR count). The Labute approximate surface area is 171 Å². The van der Waals surface area contributed by atoms with Gasteiger partial charge < -0.3 is 9.80 Å². The average Bonchev–Trinajstić information content (AvgIpc) is 3.12. The van der Waals surface area contributed by atoms with Gasteiger partial charge in [-0.2, -0.15) is 0 Å². The van der Waals surface area contributed by atoms with Crippen molar-refractivity contribution in [1.29, 1.82) is 0 Å². The number of rotatable bonds is 3. The molecule has 0 bridgehead atoms. The first kappa shape index (κ1) is 21.1. The topological polar surface area (TPSA) is 43.9 Å². The highest BCUT2D eigenvalue weighted by Crippen LogP contribution is 2.27. The van der Waals surface area contributed by atoms with E-state index in [1.807, 2.05) is 25.7 Å². The maximum Gasteiger partial charge on any atom is 0.245 e. The van der Waals surface area contributed by atoms with Gasteiger partial charge in [-0.3, -0.25) is 14.5 Å². The van der Waals surface area contributed by atoms with Crippen molar-refractivity contribution in [2.24, 2.45) is 5.41 Å². The zero-order valence-corrected chi connectivity index (χ0v) is 17.6. The highest BCUT2D eigenvalue weighted by molar-refractivity contribution is 6.31. The number of halogens is 2. The second kappa shape index (κ2) is 8.37. The van der Waals surface area contributed by atoms with Crippen LogP contribution in [-0.4, -0.2) is 65.3 Å². The number of nitrogens with zero attached hydrogens (tertiary/aromatic N) is 3. The highest BCUT2D eigenvalue weighted by Gasteiger charge is 2.40. The van der Waals surface area contributed by atoms with E-state index in [1.165, 1.54) is 12.1 Å². The van der Waals surface area contributed by atoms with E-state index in [1.54, 1.807) is 11.0 Å². The minimum absolute atomic E-state index is 0.0490. The summed E-state index contributed by atoms with van der Waals surface area (Å²) in [4.78, 5) is 31.6. The monoisotopic (exact) mass is 409 g/mol. The molecular weight excluding hydrogens is 381 g/mol. The largest absolute Gasteiger partial charge is 0.338 e. The lowest BCUT2D eigenvalue weighted by Gasteiger charge is -2.38.